The number of aryl methyl sites for hydroxylation is 2. The van der Waals surface area contributed by atoms with Gasteiger partial charge in [0.1, 0.15) is 0 Å². The first kappa shape index (κ1) is 11.6. The lowest BCUT2D eigenvalue weighted by atomic mass is 10.1. The number of hydrogen-bond donors (Lipinski definition) is 0. The average Bonchev–Trinajstić information content (AvgIpc) is 2.09. The lowest BCUT2D eigenvalue weighted by molar-refractivity contribution is -0.131. The van der Waals surface area contributed by atoms with Crippen molar-refractivity contribution in [3.8, 4) is 5.75 Å². The zero-order valence-corrected chi connectivity index (χ0v) is 9.92. The molecule has 15 heavy (non-hydrogen) atoms. The quantitative estimate of drug-likeness (QED) is 0.550. The Bertz CT molecular complexity index is 383. The van der Waals surface area contributed by atoms with Crippen LogP contribution in [-0.2, 0) is 4.79 Å². The van der Waals surface area contributed by atoms with E-state index in [-0.39, 0.29) is 5.97 Å². The van der Waals surface area contributed by atoms with Crippen LogP contribution >= 0.6 is 0 Å². The van der Waals surface area contributed by atoms with Crippen molar-refractivity contribution in [1.29, 1.82) is 0 Å². The van der Waals surface area contributed by atoms with Gasteiger partial charge in [-0.25, -0.2) is 0 Å². The Morgan fingerprint density at radius 2 is 1.73 bits per heavy atom. The molecule has 0 bridgehead atoms. The lowest BCUT2D eigenvalue weighted by Crippen LogP contribution is -2.13. The highest BCUT2D eigenvalue weighted by Gasteiger charge is 2.10. The Morgan fingerprint density at radius 3 is 2.20 bits per heavy atom. The third-order valence-corrected chi connectivity index (χ3v) is 2.31. The fourth-order valence-corrected chi connectivity index (χ4v) is 1.36. The molecule has 3 nitrogen and oxygen atoms in total. The van der Waals surface area contributed by atoms with Crippen LogP contribution in [0.25, 0.3) is 0 Å². The van der Waals surface area contributed by atoms with Gasteiger partial charge in [0.2, 0.25) is 0 Å². The molecule has 0 fully saturated rings. The minimum absolute atomic E-state index is 0.290. The molecule has 0 saturated heterocycles. The minimum Gasteiger partial charge on any atom is -0.424 e. The highest BCUT2D eigenvalue weighted by molar-refractivity contribution is 5.73. The van der Waals surface area contributed by atoms with Crippen molar-refractivity contribution in [1.82, 2.24) is 0 Å². The van der Waals surface area contributed by atoms with Crippen LogP contribution in [0.4, 0.5) is 5.69 Å². The van der Waals surface area contributed by atoms with E-state index in [2.05, 4.69) is 0 Å². The first-order valence-electron chi connectivity index (χ1n) is 4.89. The molecule has 0 radical (unpaired) electrons. The van der Waals surface area contributed by atoms with E-state index in [4.69, 9.17) is 4.74 Å². The second kappa shape index (κ2) is 4.34. The number of esters is 1. The van der Waals surface area contributed by atoms with Gasteiger partial charge < -0.3 is 9.64 Å². The zero-order chi connectivity index (χ0) is 11.6. The molecule has 0 unspecified atom stereocenters. The van der Waals surface area contributed by atoms with Gasteiger partial charge in [-0.1, -0.05) is 0 Å². The van der Waals surface area contributed by atoms with E-state index in [1.807, 2.05) is 45.0 Å². The standard InChI is InChI=1S/C12H17NO2/c1-8-6-11(13(4)5)12(7-9(8)2)15-10(3)14/h6-7H,1-5H3. The van der Waals surface area contributed by atoms with Crippen LogP contribution in [0.15, 0.2) is 12.1 Å². The summed E-state index contributed by atoms with van der Waals surface area (Å²) in [6.45, 7) is 5.45. The van der Waals surface area contributed by atoms with Gasteiger partial charge >= 0.3 is 5.97 Å². The summed E-state index contributed by atoms with van der Waals surface area (Å²) in [5, 5.41) is 0. The fourth-order valence-electron chi connectivity index (χ4n) is 1.36. The van der Waals surface area contributed by atoms with E-state index in [0.29, 0.717) is 5.75 Å². The summed E-state index contributed by atoms with van der Waals surface area (Å²) in [7, 11) is 3.86. The number of carbonyl (C=O) groups excluding carboxylic acids is 1. The Kier molecular flexibility index (Phi) is 3.35. The maximum absolute atomic E-state index is 10.9. The van der Waals surface area contributed by atoms with E-state index < -0.39 is 0 Å². The lowest BCUT2D eigenvalue weighted by Gasteiger charge is -2.18. The number of hydrogen-bond acceptors (Lipinski definition) is 3. The second-order valence-corrected chi connectivity index (χ2v) is 3.89. The molecule has 0 spiro atoms. The molecule has 0 heterocycles. The molecule has 1 aromatic rings. The van der Waals surface area contributed by atoms with Crippen molar-refractivity contribution < 1.29 is 9.53 Å². The molecular weight excluding hydrogens is 190 g/mol. The van der Waals surface area contributed by atoms with Crippen LogP contribution in [0, 0.1) is 13.8 Å². The summed E-state index contributed by atoms with van der Waals surface area (Å²) < 4.78 is 5.16. The van der Waals surface area contributed by atoms with E-state index in [9.17, 15) is 4.79 Å². The summed E-state index contributed by atoms with van der Waals surface area (Å²) in [6.07, 6.45) is 0. The van der Waals surface area contributed by atoms with Crippen LogP contribution in [0.3, 0.4) is 0 Å². The van der Waals surface area contributed by atoms with Gasteiger partial charge in [0.15, 0.2) is 5.75 Å². The number of benzene rings is 1. The largest absolute Gasteiger partial charge is 0.424 e. The molecule has 0 aliphatic rings. The summed E-state index contributed by atoms with van der Waals surface area (Å²) >= 11 is 0. The van der Waals surface area contributed by atoms with Crippen molar-refractivity contribution in [2.45, 2.75) is 20.8 Å². The summed E-state index contributed by atoms with van der Waals surface area (Å²) in [5.74, 6) is 0.331. The van der Waals surface area contributed by atoms with E-state index >= 15 is 0 Å². The Hall–Kier alpha value is -1.51. The Labute approximate surface area is 90.7 Å². The smallest absolute Gasteiger partial charge is 0.308 e. The maximum atomic E-state index is 10.9. The molecule has 0 atom stereocenters. The molecule has 0 amide bonds. The summed E-state index contributed by atoms with van der Waals surface area (Å²) in [5.41, 5.74) is 3.24. The van der Waals surface area contributed by atoms with E-state index in [1.165, 1.54) is 12.5 Å². The molecular formula is C12H17NO2. The molecule has 0 aliphatic carbocycles. The summed E-state index contributed by atoms with van der Waals surface area (Å²) in [4.78, 5) is 12.9. The highest BCUT2D eigenvalue weighted by Crippen LogP contribution is 2.30. The van der Waals surface area contributed by atoms with Crippen LogP contribution < -0.4 is 9.64 Å². The van der Waals surface area contributed by atoms with Gasteiger partial charge in [0.05, 0.1) is 5.69 Å². The van der Waals surface area contributed by atoms with Gasteiger partial charge in [-0.15, -0.1) is 0 Å². The molecule has 1 rings (SSSR count). The second-order valence-electron chi connectivity index (χ2n) is 3.89. The van der Waals surface area contributed by atoms with Crippen molar-refractivity contribution in [2.75, 3.05) is 19.0 Å². The predicted octanol–water partition coefficient (Wildman–Crippen LogP) is 2.29. The normalized spacial score (nSPS) is 9.93. The van der Waals surface area contributed by atoms with Gasteiger partial charge in [-0.2, -0.15) is 0 Å². The van der Waals surface area contributed by atoms with E-state index in [0.717, 1.165) is 11.3 Å². The number of nitrogens with zero attached hydrogens (tertiary/aromatic N) is 1. The average molecular weight is 207 g/mol. The third kappa shape index (κ3) is 2.72. The molecule has 82 valence electrons. The zero-order valence-electron chi connectivity index (χ0n) is 9.92. The van der Waals surface area contributed by atoms with Gasteiger partial charge in [-0.05, 0) is 37.1 Å². The SMILES string of the molecule is CC(=O)Oc1cc(C)c(C)cc1N(C)C. The van der Waals surface area contributed by atoms with Crippen LogP contribution in [0.2, 0.25) is 0 Å². The third-order valence-electron chi connectivity index (χ3n) is 2.31. The Morgan fingerprint density at radius 1 is 1.20 bits per heavy atom. The first-order valence-corrected chi connectivity index (χ1v) is 4.89. The number of carbonyl (C=O) groups is 1. The molecule has 0 saturated carbocycles. The maximum Gasteiger partial charge on any atom is 0.308 e. The van der Waals surface area contributed by atoms with Crippen LogP contribution in [0.1, 0.15) is 18.1 Å². The molecule has 1 aromatic carbocycles. The van der Waals surface area contributed by atoms with Gasteiger partial charge in [-0.3, -0.25) is 4.79 Å². The molecule has 0 aliphatic heterocycles. The predicted molar refractivity (Wildman–Crippen MR) is 61.6 cm³/mol. The molecule has 3 heteroatoms. The Balaban J connectivity index is 3.21. The van der Waals surface area contributed by atoms with E-state index in [1.54, 1.807) is 0 Å². The minimum atomic E-state index is -0.290. The van der Waals surface area contributed by atoms with Crippen molar-refractivity contribution in [2.24, 2.45) is 0 Å². The first-order chi connectivity index (χ1) is 6.91. The fraction of sp³-hybridized carbons (Fsp3) is 0.417. The van der Waals surface area contributed by atoms with Crippen LogP contribution in [-0.4, -0.2) is 20.1 Å². The molecule has 0 N–H and O–H groups in total. The van der Waals surface area contributed by atoms with Gasteiger partial charge in [0.25, 0.3) is 0 Å². The number of ether oxygens (including phenoxy) is 1. The molecule has 0 aromatic heterocycles. The van der Waals surface area contributed by atoms with Crippen molar-refractivity contribution in [3.05, 3.63) is 23.3 Å². The van der Waals surface area contributed by atoms with Crippen molar-refractivity contribution >= 4 is 11.7 Å². The van der Waals surface area contributed by atoms with Crippen molar-refractivity contribution in [3.63, 3.8) is 0 Å². The summed E-state index contributed by atoms with van der Waals surface area (Å²) in [6, 6.07) is 3.92. The monoisotopic (exact) mass is 207 g/mol. The topological polar surface area (TPSA) is 29.5 Å². The number of rotatable bonds is 2. The van der Waals surface area contributed by atoms with Gasteiger partial charge in [0, 0.05) is 21.0 Å². The highest BCUT2D eigenvalue weighted by atomic mass is 16.5. The number of anilines is 1. The van der Waals surface area contributed by atoms with Crippen LogP contribution in [0.5, 0.6) is 5.75 Å².